The van der Waals surface area contributed by atoms with Gasteiger partial charge in [-0.3, -0.25) is 4.74 Å². The fourth-order valence-electron chi connectivity index (χ4n) is 0.892. The third-order valence-electron chi connectivity index (χ3n) is 1.49. The molecule has 1 atom stereocenters. The summed E-state index contributed by atoms with van der Waals surface area (Å²) in [6.07, 6.45) is -2.96. The first-order chi connectivity index (χ1) is 7.38. The molecule has 0 saturated carbocycles. The molecule has 5 nitrogen and oxygen atoms in total. The molecule has 0 radical (unpaired) electrons. The molecule has 1 unspecified atom stereocenters. The van der Waals surface area contributed by atoms with E-state index in [0.29, 0.717) is 0 Å². The Morgan fingerprint density at radius 2 is 2.25 bits per heavy atom. The predicted molar refractivity (Wildman–Crippen MR) is 45.6 cm³/mol. The molecule has 1 rings (SSSR count). The molecular formula is C8H9F3N2O3. The smallest absolute Gasteiger partial charge is 0.446 e. The first-order valence-electron chi connectivity index (χ1n) is 4.28. The quantitative estimate of drug-likeness (QED) is 0.805. The van der Waals surface area contributed by atoms with E-state index in [2.05, 4.69) is 14.5 Å². The van der Waals surface area contributed by atoms with Crippen LogP contribution in [0.1, 0.15) is 6.92 Å². The molecule has 0 aliphatic heterocycles. The molecule has 0 spiro atoms. The van der Waals surface area contributed by atoms with E-state index >= 15 is 0 Å². The van der Waals surface area contributed by atoms with Gasteiger partial charge in [0.1, 0.15) is 12.9 Å². The molecule has 1 heterocycles. The fraction of sp³-hybridized carbons (Fsp3) is 0.500. The lowest BCUT2D eigenvalue weighted by molar-refractivity contribution is -0.342. The second-order valence-electron chi connectivity index (χ2n) is 2.92. The number of rotatable bonds is 3. The van der Waals surface area contributed by atoms with Crippen LogP contribution in [-0.4, -0.2) is 34.7 Å². The lowest BCUT2D eigenvalue weighted by Crippen LogP contribution is -2.27. The number of nitrogens with zero attached hydrogens (tertiary/aromatic N) is 2. The number of imidazole rings is 1. The molecule has 16 heavy (non-hydrogen) atoms. The van der Waals surface area contributed by atoms with Crippen molar-refractivity contribution in [3.05, 3.63) is 18.7 Å². The Morgan fingerprint density at radius 3 is 2.75 bits per heavy atom. The Balaban J connectivity index is 2.32. The normalized spacial score (nSPS) is 13.5. The molecule has 8 heteroatoms. The lowest BCUT2D eigenvalue weighted by Gasteiger charge is -2.14. The van der Waals surface area contributed by atoms with E-state index in [9.17, 15) is 18.0 Å². The highest BCUT2D eigenvalue weighted by Gasteiger charge is 2.32. The van der Waals surface area contributed by atoms with Gasteiger partial charge in [0.15, 0.2) is 0 Å². The maximum Gasteiger partial charge on any atom is 0.522 e. The summed E-state index contributed by atoms with van der Waals surface area (Å²) in [4.78, 5) is 14.7. The summed E-state index contributed by atoms with van der Waals surface area (Å²) in [6, 6.07) is 0. The minimum absolute atomic E-state index is 0.490. The predicted octanol–water partition coefficient (Wildman–Crippen LogP) is 1.79. The van der Waals surface area contributed by atoms with Crippen molar-refractivity contribution in [3.8, 4) is 0 Å². The van der Waals surface area contributed by atoms with Gasteiger partial charge < -0.3 is 4.74 Å². The summed E-state index contributed by atoms with van der Waals surface area (Å²) in [7, 11) is 0. The van der Waals surface area contributed by atoms with Crippen LogP contribution in [0, 0.1) is 0 Å². The van der Waals surface area contributed by atoms with Gasteiger partial charge in [0, 0.05) is 12.4 Å². The van der Waals surface area contributed by atoms with E-state index in [-0.39, 0.29) is 0 Å². The van der Waals surface area contributed by atoms with Gasteiger partial charge in [0.2, 0.25) is 0 Å². The van der Waals surface area contributed by atoms with E-state index in [0.717, 1.165) is 11.5 Å². The second kappa shape index (κ2) is 4.97. The number of alkyl halides is 3. The van der Waals surface area contributed by atoms with E-state index in [4.69, 9.17) is 0 Å². The third-order valence-corrected chi connectivity index (χ3v) is 1.49. The molecular weight excluding hydrogens is 229 g/mol. The van der Waals surface area contributed by atoms with Gasteiger partial charge in [-0.2, -0.15) is 0 Å². The summed E-state index contributed by atoms with van der Waals surface area (Å²) in [5, 5.41) is 0. The van der Waals surface area contributed by atoms with Gasteiger partial charge in [0.05, 0.1) is 6.10 Å². The maximum atomic E-state index is 11.7. The molecule has 1 aromatic heterocycles. The zero-order chi connectivity index (χ0) is 12.2. The van der Waals surface area contributed by atoms with Gasteiger partial charge in [-0.1, -0.05) is 0 Å². The number of aromatic nitrogens is 2. The van der Waals surface area contributed by atoms with E-state index < -0.39 is 25.2 Å². The van der Waals surface area contributed by atoms with Crippen molar-refractivity contribution in [2.75, 3.05) is 6.61 Å². The molecule has 0 aliphatic rings. The number of carbonyl (C=O) groups excluding carboxylic acids is 1. The first kappa shape index (κ1) is 12.5. The molecule has 0 bridgehead atoms. The topological polar surface area (TPSA) is 53.4 Å². The van der Waals surface area contributed by atoms with Crippen molar-refractivity contribution in [2.45, 2.75) is 19.4 Å². The Hall–Kier alpha value is -1.57. The van der Waals surface area contributed by atoms with Crippen molar-refractivity contribution in [1.29, 1.82) is 0 Å². The highest BCUT2D eigenvalue weighted by molar-refractivity contribution is 5.69. The van der Waals surface area contributed by atoms with Crippen LogP contribution in [0.2, 0.25) is 0 Å². The van der Waals surface area contributed by atoms with Gasteiger partial charge >= 0.3 is 12.5 Å². The van der Waals surface area contributed by atoms with E-state index in [1.807, 2.05) is 0 Å². The monoisotopic (exact) mass is 238 g/mol. The number of ether oxygens (including phenoxy) is 2. The Morgan fingerprint density at radius 1 is 1.56 bits per heavy atom. The highest BCUT2D eigenvalue weighted by atomic mass is 19.4. The molecule has 0 aromatic carbocycles. The van der Waals surface area contributed by atoms with Crippen LogP contribution >= 0.6 is 0 Å². The minimum atomic E-state index is -4.74. The van der Waals surface area contributed by atoms with E-state index in [1.54, 1.807) is 0 Å². The third kappa shape index (κ3) is 4.30. The van der Waals surface area contributed by atoms with E-state index in [1.165, 1.54) is 18.7 Å². The van der Waals surface area contributed by atoms with Crippen LogP contribution in [0.5, 0.6) is 0 Å². The summed E-state index contributed by atoms with van der Waals surface area (Å²) in [5.74, 6) is 0. The summed E-state index contributed by atoms with van der Waals surface area (Å²) < 4.78 is 44.3. The molecule has 90 valence electrons. The highest BCUT2D eigenvalue weighted by Crippen LogP contribution is 2.18. The largest absolute Gasteiger partial charge is 0.522 e. The Labute approximate surface area is 88.8 Å². The molecule has 0 saturated heterocycles. The van der Waals surface area contributed by atoms with Gasteiger partial charge in [-0.15, -0.1) is 13.2 Å². The first-order valence-corrected chi connectivity index (χ1v) is 4.28. The average Bonchev–Trinajstić information content (AvgIpc) is 2.64. The number of carbonyl (C=O) groups is 1. The summed E-state index contributed by atoms with van der Waals surface area (Å²) in [6.45, 7) is 0.658. The molecule has 0 fully saturated rings. The van der Waals surface area contributed by atoms with Gasteiger partial charge in [0.25, 0.3) is 0 Å². The van der Waals surface area contributed by atoms with Crippen molar-refractivity contribution in [3.63, 3.8) is 0 Å². The molecule has 0 amide bonds. The zero-order valence-electron chi connectivity index (χ0n) is 8.27. The van der Waals surface area contributed by atoms with Crippen LogP contribution < -0.4 is 0 Å². The fourth-order valence-corrected chi connectivity index (χ4v) is 0.892. The Kier molecular flexibility index (Phi) is 3.88. The summed E-state index contributed by atoms with van der Waals surface area (Å²) in [5.41, 5.74) is 0. The second-order valence-corrected chi connectivity index (χ2v) is 2.92. The standard InChI is InChI=1S/C8H9F3N2O3/c1-6(16-8(9,10)11)4-15-7(14)13-3-2-12-5-13/h2-3,5-6H,4H2,1H3. The van der Waals surface area contributed by atoms with Gasteiger partial charge in [-0.05, 0) is 6.92 Å². The molecule has 0 N–H and O–H groups in total. The minimum Gasteiger partial charge on any atom is -0.446 e. The summed E-state index contributed by atoms with van der Waals surface area (Å²) >= 11 is 0. The number of hydrogen-bond acceptors (Lipinski definition) is 4. The van der Waals surface area contributed by atoms with Crippen LogP contribution in [0.15, 0.2) is 18.7 Å². The average molecular weight is 238 g/mol. The van der Waals surface area contributed by atoms with Crippen LogP contribution in [-0.2, 0) is 9.47 Å². The SMILES string of the molecule is CC(COC(=O)n1ccnc1)OC(F)(F)F. The number of halogens is 3. The van der Waals surface area contributed by atoms with Crippen molar-refractivity contribution in [2.24, 2.45) is 0 Å². The molecule has 0 aliphatic carbocycles. The van der Waals surface area contributed by atoms with Crippen LogP contribution in [0.4, 0.5) is 18.0 Å². The van der Waals surface area contributed by atoms with Crippen molar-refractivity contribution >= 4 is 6.09 Å². The number of hydrogen-bond donors (Lipinski definition) is 0. The van der Waals surface area contributed by atoms with Gasteiger partial charge in [-0.25, -0.2) is 14.3 Å². The molecule has 1 aromatic rings. The maximum absolute atomic E-state index is 11.7. The van der Waals surface area contributed by atoms with Crippen LogP contribution in [0.25, 0.3) is 0 Å². The van der Waals surface area contributed by atoms with Crippen LogP contribution in [0.3, 0.4) is 0 Å². The lowest BCUT2D eigenvalue weighted by atomic mass is 10.4. The van der Waals surface area contributed by atoms with Crippen molar-refractivity contribution in [1.82, 2.24) is 9.55 Å². The van der Waals surface area contributed by atoms with Crippen molar-refractivity contribution < 1.29 is 27.4 Å². The zero-order valence-corrected chi connectivity index (χ0v) is 8.27. The Bertz CT molecular complexity index is 337.